The SMILES string of the molecule is CC(CC(=O)NCc1nc2ccc(F)cc2[nH]1)C1CCCNC1.Cl.Cl. The van der Waals surface area contributed by atoms with Crippen molar-refractivity contribution in [2.75, 3.05) is 13.1 Å². The molecule has 8 heteroatoms. The molecule has 2 heterocycles. The van der Waals surface area contributed by atoms with Gasteiger partial charge < -0.3 is 15.6 Å². The second kappa shape index (κ2) is 9.94. The molecule has 5 nitrogen and oxygen atoms in total. The Morgan fingerprint density at radius 1 is 1.44 bits per heavy atom. The number of fused-ring (bicyclic) bond motifs is 1. The Balaban J connectivity index is 0.00000156. The average molecular weight is 391 g/mol. The summed E-state index contributed by atoms with van der Waals surface area (Å²) >= 11 is 0. The fourth-order valence-corrected chi connectivity index (χ4v) is 3.20. The number of nitrogens with zero attached hydrogens (tertiary/aromatic N) is 1. The quantitative estimate of drug-likeness (QED) is 0.733. The molecule has 1 aromatic heterocycles. The first kappa shape index (κ1) is 21.7. The Morgan fingerprint density at radius 3 is 2.96 bits per heavy atom. The smallest absolute Gasteiger partial charge is 0.220 e. The number of rotatable bonds is 5. The van der Waals surface area contributed by atoms with Crippen LogP contribution in [0.3, 0.4) is 0 Å². The molecule has 3 N–H and O–H groups in total. The van der Waals surface area contributed by atoms with E-state index in [2.05, 4.69) is 27.5 Å². The van der Waals surface area contributed by atoms with E-state index >= 15 is 0 Å². The van der Waals surface area contributed by atoms with Crippen LogP contribution in [0.4, 0.5) is 4.39 Å². The summed E-state index contributed by atoms with van der Waals surface area (Å²) in [4.78, 5) is 19.5. The van der Waals surface area contributed by atoms with Gasteiger partial charge in [0.25, 0.3) is 0 Å². The Bertz CT molecular complexity index is 688. The Kier molecular flexibility index (Phi) is 8.62. The van der Waals surface area contributed by atoms with Crippen molar-refractivity contribution >= 4 is 41.8 Å². The predicted octanol–water partition coefficient (Wildman–Crippen LogP) is 3.19. The second-order valence-corrected chi connectivity index (χ2v) is 6.41. The number of amides is 1. The molecule has 0 bridgehead atoms. The lowest BCUT2D eigenvalue weighted by molar-refractivity contribution is -0.122. The van der Waals surface area contributed by atoms with Crippen LogP contribution in [-0.4, -0.2) is 29.0 Å². The highest BCUT2D eigenvalue weighted by Gasteiger charge is 2.21. The zero-order valence-electron chi connectivity index (χ0n) is 14.2. The summed E-state index contributed by atoms with van der Waals surface area (Å²) in [5.74, 6) is 1.32. The van der Waals surface area contributed by atoms with E-state index < -0.39 is 0 Å². The van der Waals surface area contributed by atoms with Crippen molar-refractivity contribution in [2.45, 2.75) is 32.7 Å². The Hall–Kier alpha value is -1.37. The first-order valence-corrected chi connectivity index (χ1v) is 8.23. The number of nitrogens with one attached hydrogen (secondary N) is 3. The van der Waals surface area contributed by atoms with Crippen LogP contribution in [0, 0.1) is 17.7 Å². The molecule has 2 atom stereocenters. The Morgan fingerprint density at radius 2 is 2.24 bits per heavy atom. The van der Waals surface area contributed by atoms with Gasteiger partial charge in [0.2, 0.25) is 5.91 Å². The van der Waals surface area contributed by atoms with Gasteiger partial charge in [-0.2, -0.15) is 0 Å². The van der Waals surface area contributed by atoms with Crippen LogP contribution in [0.2, 0.25) is 0 Å². The van der Waals surface area contributed by atoms with Gasteiger partial charge in [-0.25, -0.2) is 9.37 Å². The zero-order chi connectivity index (χ0) is 16.2. The van der Waals surface area contributed by atoms with Gasteiger partial charge in [-0.15, -0.1) is 24.8 Å². The molecule has 1 aromatic carbocycles. The van der Waals surface area contributed by atoms with Crippen LogP contribution in [0.15, 0.2) is 18.2 Å². The van der Waals surface area contributed by atoms with E-state index in [1.165, 1.54) is 25.0 Å². The van der Waals surface area contributed by atoms with Crippen molar-refractivity contribution in [3.8, 4) is 0 Å². The van der Waals surface area contributed by atoms with E-state index in [1.807, 2.05) is 0 Å². The summed E-state index contributed by atoms with van der Waals surface area (Å²) in [6, 6.07) is 4.42. The number of hydrogen-bond acceptors (Lipinski definition) is 3. The van der Waals surface area contributed by atoms with Crippen LogP contribution in [0.1, 0.15) is 32.0 Å². The van der Waals surface area contributed by atoms with E-state index in [0.717, 1.165) is 13.1 Å². The summed E-state index contributed by atoms with van der Waals surface area (Å²) in [6.07, 6.45) is 2.91. The van der Waals surface area contributed by atoms with Crippen LogP contribution in [0.5, 0.6) is 0 Å². The molecule has 0 aliphatic carbocycles. The van der Waals surface area contributed by atoms with Gasteiger partial charge in [-0.05, 0) is 56.0 Å². The minimum Gasteiger partial charge on any atom is -0.349 e. The van der Waals surface area contributed by atoms with Crippen LogP contribution >= 0.6 is 24.8 Å². The van der Waals surface area contributed by atoms with Gasteiger partial charge in [0.05, 0.1) is 17.6 Å². The zero-order valence-corrected chi connectivity index (χ0v) is 15.8. The maximum atomic E-state index is 13.2. The molecule has 0 spiro atoms. The molecular weight excluding hydrogens is 366 g/mol. The molecule has 2 unspecified atom stereocenters. The maximum absolute atomic E-state index is 13.2. The van der Waals surface area contributed by atoms with Gasteiger partial charge in [0.1, 0.15) is 11.6 Å². The average Bonchev–Trinajstić information content (AvgIpc) is 2.95. The number of hydrogen-bond donors (Lipinski definition) is 3. The molecule has 0 radical (unpaired) electrons. The van der Waals surface area contributed by atoms with Gasteiger partial charge in [-0.3, -0.25) is 4.79 Å². The fraction of sp³-hybridized carbons (Fsp3) is 0.529. The lowest BCUT2D eigenvalue weighted by atomic mass is 9.85. The topological polar surface area (TPSA) is 69.8 Å². The fourth-order valence-electron chi connectivity index (χ4n) is 3.20. The number of halogens is 3. The number of piperidine rings is 1. The number of imidazole rings is 1. The monoisotopic (exact) mass is 390 g/mol. The van der Waals surface area contributed by atoms with E-state index in [9.17, 15) is 9.18 Å². The number of carbonyl (C=O) groups is 1. The standard InChI is InChI=1S/C17H23FN4O.2ClH/c1-11(12-3-2-6-19-9-12)7-17(23)20-10-16-21-14-5-4-13(18)8-15(14)22-16;;/h4-5,8,11-12,19H,2-3,6-7,9-10H2,1H3,(H,20,23)(H,21,22);2*1H. The molecular formula is C17H25Cl2FN4O. The molecule has 1 aliphatic rings. The molecule has 25 heavy (non-hydrogen) atoms. The highest BCUT2D eigenvalue weighted by Crippen LogP contribution is 2.22. The van der Waals surface area contributed by atoms with E-state index in [1.54, 1.807) is 6.07 Å². The van der Waals surface area contributed by atoms with E-state index in [-0.39, 0.29) is 36.5 Å². The molecule has 0 saturated carbocycles. The number of benzene rings is 1. The lowest BCUT2D eigenvalue weighted by Crippen LogP contribution is -2.35. The van der Waals surface area contributed by atoms with E-state index in [4.69, 9.17) is 0 Å². The molecule has 2 aromatic rings. The first-order valence-electron chi connectivity index (χ1n) is 8.23. The molecule has 1 amide bonds. The van der Waals surface area contributed by atoms with Crippen molar-refractivity contribution in [2.24, 2.45) is 11.8 Å². The van der Waals surface area contributed by atoms with E-state index in [0.29, 0.717) is 41.7 Å². The molecule has 1 aliphatic heterocycles. The van der Waals surface area contributed by atoms with Crippen LogP contribution in [0.25, 0.3) is 11.0 Å². The summed E-state index contributed by atoms with van der Waals surface area (Å²) in [5.41, 5.74) is 1.35. The number of aromatic nitrogens is 2. The third-order valence-corrected chi connectivity index (χ3v) is 4.59. The van der Waals surface area contributed by atoms with Crippen molar-refractivity contribution in [1.29, 1.82) is 0 Å². The van der Waals surface area contributed by atoms with Gasteiger partial charge in [0, 0.05) is 6.42 Å². The summed E-state index contributed by atoms with van der Waals surface area (Å²) in [7, 11) is 0. The van der Waals surface area contributed by atoms with Crippen LogP contribution in [-0.2, 0) is 11.3 Å². The van der Waals surface area contributed by atoms with Crippen molar-refractivity contribution in [3.63, 3.8) is 0 Å². The first-order chi connectivity index (χ1) is 11.1. The summed E-state index contributed by atoms with van der Waals surface area (Å²) in [6.45, 7) is 4.57. The molecule has 1 saturated heterocycles. The number of carbonyl (C=O) groups excluding carboxylic acids is 1. The highest BCUT2D eigenvalue weighted by molar-refractivity contribution is 5.85. The largest absolute Gasteiger partial charge is 0.349 e. The number of aromatic amines is 1. The van der Waals surface area contributed by atoms with Gasteiger partial charge in [-0.1, -0.05) is 6.92 Å². The molecule has 140 valence electrons. The maximum Gasteiger partial charge on any atom is 0.220 e. The molecule has 3 rings (SSSR count). The van der Waals surface area contributed by atoms with Crippen LogP contribution < -0.4 is 10.6 Å². The predicted molar refractivity (Wildman–Crippen MR) is 102 cm³/mol. The summed E-state index contributed by atoms with van der Waals surface area (Å²) < 4.78 is 13.2. The lowest BCUT2D eigenvalue weighted by Gasteiger charge is -2.27. The van der Waals surface area contributed by atoms with Gasteiger partial charge in [0.15, 0.2) is 0 Å². The van der Waals surface area contributed by atoms with Crippen molar-refractivity contribution < 1.29 is 9.18 Å². The van der Waals surface area contributed by atoms with Crippen molar-refractivity contribution in [1.82, 2.24) is 20.6 Å². The normalized spacial score (nSPS) is 18.1. The second-order valence-electron chi connectivity index (χ2n) is 6.41. The third kappa shape index (κ3) is 5.83. The minimum absolute atomic E-state index is 0. The molecule has 1 fully saturated rings. The minimum atomic E-state index is -0.299. The van der Waals surface area contributed by atoms with Gasteiger partial charge >= 0.3 is 0 Å². The summed E-state index contributed by atoms with van der Waals surface area (Å²) in [5, 5.41) is 6.29. The van der Waals surface area contributed by atoms with Crippen molar-refractivity contribution in [3.05, 3.63) is 29.8 Å². The Labute approximate surface area is 159 Å². The number of H-pyrrole nitrogens is 1. The third-order valence-electron chi connectivity index (χ3n) is 4.59. The highest BCUT2D eigenvalue weighted by atomic mass is 35.5.